The molecule has 1 aliphatic heterocycles. The standard InChI is InChI=1S/C23H24ClN5O3S/c1-15-13-28(14-17-6-4-16(5-7-17)12-25-2)23(30)22-11-20(26-29(15)22)19-9-8-18(24)10-21(19)27-33(3,31)32/h4-12,15,27H,13-14H2,1-3H3/t15-/m0/s1. The van der Waals surface area contributed by atoms with Gasteiger partial charge in [-0.15, -0.1) is 0 Å². The normalized spacial score (nSPS) is 16.3. The molecule has 1 amide bonds. The smallest absolute Gasteiger partial charge is 0.272 e. The largest absolute Gasteiger partial charge is 0.331 e. The molecule has 10 heteroatoms. The Bertz CT molecular complexity index is 1330. The van der Waals surface area contributed by atoms with Crippen molar-refractivity contribution < 1.29 is 13.2 Å². The monoisotopic (exact) mass is 485 g/mol. The molecule has 1 aromatic heterocycles. The number of hydrogen-bond acceptors (Lipinski definition) is 5. The summed E-state index contributed by atoms with van der Waals surface area (Å²) in [6.07, 6.45) is 2.85. The maximum atomic E-state index is 13.3. The fraction of sp³-hybridized carbons (Fsp3) is 0.261. The Balaban J connectivity index is 1.64. The first-order chi connectivity index (χ1) is 15.6. The maximum Gasteiger partial charge on any atom is 0.272 e. The number of anilines is 1. The molecule has 0 aliphatic carbocycles. The van der Waals surface area contributed by atoms with Gasteiger partial charge in [0.05, 0.1) is 23.7 Å². The first-order valence-corrected chi connectivity index (χ1v) is 12.6. The van der Waals surface area contributed by atoms with Gasteiger partial charge in [-0.2, -0.15) is 5.10 Å². The van der Waals surface area contributed by atoms with Gasteiger partial charge in [-0.3, -0.25) is 19.2 Å². The molecule has 2 heterocycles. The molecule has 0 saturated carbocycles. The Morgan fingerprint density at radius 2 is 1.94 bits per heavy atom. The summed E-state index contributed by atoms with van der Waals surface area (Å²) in [7, 11) is -1.80. The highest BCUT2D eigenvalue weighted by Crippen LogP contribution is 2.33. The van der Waals surface area contributed by atoms with E-state index in [1.165, 1.54) is 6.07 Å². The molecule has 0 saturated heterocycles. The molecule has 0 spiro atoms. The fourth-order valence-electron chi connectivity index (χ4n) is 3.90. The second kappa shape index (κ2) is 8.99. The molecule has 0 radical (unpaired) electrons. The lowest BCUT2D eigenvalue weighted by molar-refractivity contribution is 0.0651. The number of amides is 1. The van der Waals surface area contributed by atoms with Crippen LogP contribution in [0.3, 0.4) is 0 Å². The van der Waals surface area contributed by atoms with Crippen LogP contribution in [0.1, 0.15) is 34.6 Å². The van der Waals surface area contributed by atoms with Crippen molar-refractivity contribution in [1.29, 1.82) is 0 Å². The summed E-state index contributed by atoms with van der Waals surface area (Å²) in [5.41, 5.74) is 3.84. The van der Waals surface area contributed by atoms with E-state index in [0.29, 0.717) is 40.8 Å². The third-order valence-corrected chi connectivity index (χ3v) is 6.15. The van der Waals surface area contributed by atoms with Crippen LogP contribution >= 0.6 is 11.6 Å². The highest BCUT2D eigenvalue weighted by Gasteiger charge is 2.31. The number of hydrogen-bond donors (Lipinski definition) is 1. The third-order valence-electron chi connectivity index (χ3n) is 5.33. The number of carbonyl (C=O) groups excluding carboxylic acids is 1. The van der Waals surface area contributed by atoms with E-state index >= 15 is 0 Å². The SMILES string of the molecule is CN=Cc1ccc(CN2C[C@H](C)n3nc(-c4ccc(Cl)cc4NS(C)(=O)=O)cc3C2=O)cc1. The molecule has 0 unspecified atom stereocenters. The van der Waals surface area contributed by atoms with Crippen molar-refractivity contribution in [2.45, 2.75) is 19.5 Å². The van der Waals surface area contributed by atoms with Crippen molar-refractivity contribution in [2.75, 3.05) is 24.6 Å². The van der Waals surface area contributed by atoms with Gasteiger partial charge in [0.1, 0.15) is 5.69 Å². The molecule has 1 N–H and O–H groups in total. The zero-order valence-electron chi connectivity index (χ0n) is 18.5. The predicted octanol–water partition coefficient (Wildman–Crippen LogP) is 3.84. The zero-order chi connectivity index (χ0) is 23.8. The van der Waals surface area contributed by atoms with Crippen LogP contribution < -0.4 is 4.72 Å². The lowest BCUT2D eigenvalue weighted by Crippen LogP contribution is -2.41. The third kappa shape index (κ3) is 5.09. The molecular weight excluding hydrogens is 462 g/mol. The molecule has 0 fully saturated rings. The quantitative estimate of drug-likeness (QED) is 0.536. The Hall–Kier alpha value is -3.17. The van der Waals surface area contributed by atoms with Gasteiger partial charge >= 0.3 is 0 Å². The summed E-state index contributed by atoms with van der Waals surface area (Å²) in [5, 5.41) is 5.01. The highest BCUT2D eigenvalue weighted by atomic mass is 35.5. The fourth-order valence-corrected chi connectivity index (χ4v) is 4.64. The van der Waals surface area contributed by atoms with Gasteiger partial charge < -0.3 is 4.90 Å². The summed E-state index contributed by atoms with van der Waals surface area (Å²) < 4.78 is 27.8. The molecule has 4 rings (SSSR count). The number of aliphatic imine (C=N–C) groups is 1. The highest BCUT2D eigenvalue weighted by molar-refractivity contribution is 7.92. The van der Waals surface area contributed by atoms with Crippen molar-refractivity contribution in [3.05, 3.63) is 70.4 Å². The summed E-state index contributed by atoms with van der Waals surface area (Å²) in [6.45, 7) is 2.99. The van der Waals surface area contributed by atoms with Crippen molar-refractivity contribution in [2.24, 2.45) is 4.99 Å². The molecule has 2 aromatic carbocycles. The molecule has 3 aromatic rings. The summed E-state index contributed by atoms with van der Waals surface area (Å²) in [4.78, 5) is 19.1. The van der Waals surface area contributed by atoms with E-state index in [0.717, 1.165) is 17.4 Å². The van der Waals surface area contributed by atoms with Crippen LogP contribution in [-0.2, 0) is 16.6 Å². The molecule has 8 nitrogen and oxygen atoms in total. The Morgan fingerprint density at radius 3 is 2.61 bits per heavy atom. The van der Waals surface area contributed by atoms with Crippen LogP contribution in [0.5, 0.6) is 0 Å². The number of rotatable bonds is 6. The van der Waals surface area contributed by atoms with Gasteiger partial charge in [-0.05, 0) is 42.3 Å². The van der Waals surface area contributed by atoms with Crippen molar-refractivity contribution in [3.8, 4) is 11.3 Å². The van der Waals surface area contributed by atoms with Crippen LogP contribution in [0.2, 0.25) is 5.02 Å². The van der Waals surface area contributed by atoms with E-state index < -0.39 is 10.0 Å². The van der Waals surface area contributed by atoms with Crippen molar-refractivity contribution >= 4 is 39.4 Å². The molecule has 0 bridgehead atoms. The first-order valence-electron chi connectivity index (χ1n) is 10.3. The number of nitrogens with one attached hydrogen (secondary N) is 1. The van der Waals surface area contributed by atoms with Crippen LogP contribution in [0, 0.1) is 0 Å². The predicted molar refractivity (Wildman–Crippen MR) is 131 cm³/mol. The molecule has 1 aliphatic rings. The van der Waals surface area contributed by atoms with Crippen LogP contribution in [0.4, 0.5) is 5.69 Å². The zero-order valence-corrected chi connectivity index (χ0v) is 20.1. The van der Waals surface area contributed by atoms with E-state index in [4.69, 9.17) is 11.6 Å². The van der Waals surface area contributed by atoms with Crippen molar-refractivity contribution in [1.82, 2.24) is 14.7 Å². The number of nitrogens with zero attached hydrogens (tertiary/aromatic N) is 4. The minimum atomic E-state index is -3.52. The van der Waals surface area contributed by atoms with Crippen molar-refractivity contribution in [3.63, 3.8) is 0 Å². The van der Waals surface area contributed by atoms with Gasteiger partial charge in [-0.1, -0.05) is 35.9 Å². The number of fused-ring (bicyclic) bond motifs is 1. The second-order valence-corrected chi connectivity index (χ2v) is 10.3. The topological polar surface area (TPSA) is 96.7 Å². The van der Waals surface area contributed by atoms with E-state index in [1.807, 2.05) is 31.2 Å². The number of carbonyl (C=O) groups is 1. The molecular formula is C23H24ClN5O3S. The minimum absolute atomic E-state index is 0.0448. The van der Waals surface area contributed by atoms with Crippen LogP contribution in [-0.4, -0.2) is 55.1 Å². The maximum absolute atomic E-state index is 13.3. The summed E-state index contributed by atoms with van der Waals surface area (Å²) in [6, 6.07) is 14.5. The van der Waals surface area contributed by atoms with Crippen LogP contribution in [0.25, 0.3) is 11.3 Å². The second-order valence-electron chi connectivity index (χ2n) is 8.09. The molecule has 33 heavy (non-hydrogen) atoms. The number of halogens is 1. The lowest BCUT2D eigenvalue weighted by atomic mass is 10.1. The van der Waals surface area contributed by atoms with Gasteiger partial charge in [0, 0.05) is 36.9 Å². The van der Waals surface area contributed by atoms with E-state index in [1.54, 1.807) is 41.0 Å². The molecule has 172 valence electrons. The Labute approximate surface area is 197 Å². The minimum Gasteiger partial charge on any atom is -0.331 e. The van der Waals surface area contributed by atoms with Gasteiger partial charge in [0.2, 0.25) is 10.0 Å². The van der Waals surface area contributed by atoms with E-state index in [-0.39, 0.29) is 11.9 Å². The first kappa shape index (κ1) is 23.0. The summed E-state index contributed by atoms with van der Waals surface area (Å²) in [5.74, 6) is -0.127. The summed E-state index contributed by atoms with van der Waals surface area (Å²) >= 11 is 6.08. The van der Waals surface area contributed by atoms with Crippen LogP contribution in [0.15, 0.2) is 53.5 Å². The number of sulfonamides is 1. The van der Waals surface area contributed by atoms with Gasteiger partial charge in [-0.25, -0.2) is 8.42 Å². The van der Waals surface area contributed by atoms with Gasteiger partial charge in [0.15, 0.2) is 0 Å². The van der Waals surface area contributed by atoms with E-state index in [2.05, 4.69) is 14.8 Å². The average molecular weight is 486 g/mol. The number of aromatic nitrogens is 2. The lowest BCUT2D eigenvalue weighted by Gasteiger charge is -2.31. The van der Waals surface area contributed by atoms with E-state index in [9.17, 15) is 13.2 Å². The molecule has 1 atom stereocenters. The Kier molecular flexibility index (Phi) is 6.27. The Morgan fingerprint density at radius 1 is 1.21 bits per heavy atom. The average Bonchev–Trinajstić information content (AvgIpc) is 3.18. The number of benzene rings is 2. The van der Waals surface area contributed by atoms with Gasteiger partial charge in [0.25, 0.3) is 5.91 Å².